The van der Waals surface area contributed by atoms with Gasteiger partial charge in [0.25, 0.3) is 0 Å². The van der Waals surface area contributed by atoms with Gasteiger partial charge in [-0.3, -0.25) is 15.1 Å². The number of carbonyl (C=O) groups is 1. The van der Waals surface area contributed by atoms with Crippen LogP contribution in [0, 0.1) is 6.92 Å². The average molecular weight is 281 g/mol. The first-order valence-electron chi connectivity index (χ1n) is 6.95. The van der Waals surface area contributed by atoms with Gasteiger partial charge in [-0.2, -0.15) is 0 Å². The van der Waals surface area contributed by atoms with Gasteiger partial charge in [0.2, 0.25) is 0 Å². The van der Waals surface area contributed by atoms with Crippen LogP contribution < -0.4 is 11.3 Å². The lowest BCUT2D eigenvalue weighted by atomic mass is 10.0. The van der Waals surface area contributed by atoms with Crippen LogP contribution in [0.2, 0.25) is 0 Å². The first-order valence-corrected chi connectivity index (χ1v) is 6.95. The van der Waals surface area contributed by atoms with Crippen molar-refractivity contribution >= 4 is 5.91 Å². The zero-order valence-electron chi connectivity index (χ0n) is 12.1. The van der Waals surface area contributed by atoms with Crippen LogP contribution in [0.15, 0.2) is 10.5 Å². The van der Waals surface area contributed by atoms with Crippen LogP contribution in [-0.2, 0) is 6.54 Å². The predicted octanol–water partition coefficient (Wildman–Crippen LogP) is 0.928. The molecule has 4 N–H and O–H groups in total. The number of amides is 1. The summed E-state index contributed by atoms with van der Waals surface area (Å²) >= 11 is 0. The number of nitrogens with one attached hydrogen (secondary N) is 1. The van der Waals surface area contributed by atoms with Crippen LogP contribution in [0.25, 0.3) is 0 Å². The summed E-state index contributed by atoms with van der Waals surface area (Å²) in [4.78, 5) is 13.5. The lowest BCUT2D eigenvalue weighted by Gasteiger charge is -2.28. The van der Waals surface area contributed by atoms with E-state index in [9.17, 15) is 9.90 Å². The second-order valence-electron chi connectivity index (χ2n) is 5.77. The fourth-order valence-electron chi connectivity index (χ4n) is 2.90. The largest absolute Gasteiger partial charge is 0.456 e. The molecule has 0 unspecified atom stereocenters. The molecule has 1 amide bonds. The van der Waals surface area contributed by atoms with Gasteiger partial charge in [0.05, 0.1) is 5.60 Å². The number of likely N-dealkylation sites (N-methyl/N-ethyl adjacent to an activating group) is 1. The molecule has 2 rings (SSSR count). The molecule has 0 atom stereocenters. The van der Waals surface area contributed by atoms with Crippen molar-refractivity contribution in [3.8, 4) is 0 Å². The van der Waals surface area contributed by atoms with E-state index in [0.717, 1.165) is 31.2 Å². The number of rotatable bonds is 5. The van der Waals surface area contributed by atoms with Crippen LogP contribution in [0.4, 0.5) is 0 Å². The van der Waals surface area contributed by atoms with Gasteiger partial charge in [-0.25, -0.2) is 5.84 Å². The monoisotopic (exact) mass is 281 g/mol. The number of nitrogen functional groups attached to an aromatic ring is 1. The molecule has 0 aliphatic heterocycles. The highest BCUT2D eigenvalue weighted by atomic mass is 16.4. The Balaban J connectivity index is 1.98. The topological polar surface area (TPSA) is 91.7 Å². The number of aliphatic hydroxyl groups is 1. The van der Waals surface area contributed by atoms with E-state index in [4.69, 9.17) is 10.3 Å². The van der Waals surface area contributed by atoms with Crippen LogP contribution in [-0.4, -0.2) is 35.1 Å². The Labute approximate surface area is 118 Å². The number of hydrazine groups is 1. The Morgan fingerprint density at radius 2 is 2.20 bits per heavy atom. The molecule has 112 valence electrons. The standard InChI is InChI=1S/C14H23N3O3/c1-10-11(7-12(20-10)13(18)16-15)8-17(2)9-14(19)5-3-4-6-14/h7,19H,3-6,8-9,15H2,1-2H3,(H,16,18). The highest BCUT2D eigenvalue weighted by molar-refractivity contribution is 5.91. The van der Waals surface area contributed by atoms with Crippen molar-refractivity contribution in [2.45, 2.75) is 44.8 Å². The lowest BCUT2D eigenvalue weighted by Crippen LogP contribution is -2.38. The Morgan fingerprint density at radius 3 is 2.80 bits per heavy atom. The van der Waals surface area contributed by atoms with Crippen molar-refractivity contribution in [2.24, 2.45) is 5.84 Å². The van der Waals surface area contributed by atoms with E-state index >= 15 is 0 Å². The predicted molar refractivity (Wildman–Crippen MR) is 74.9 cm³/mol. The van der Waals surface area contributed by atoms with E-state index < -0.39 is 11.5 Å². The third-order valence-electron chi connectivity index (χ3n) is 3.91. The molecule has 0 saturated heterocycles. The van der Waals surface area contributed by atoms with Crippen molar-refractivity contribution in [3.63, 3.8) is 0 Å². The molecular formula is C14H23N3O3. The number of hydrogen-bond donors (Lipinski definition) is 3. The second kappa shape index (κ2) is 5.95. The summed E-state index contributed by atoms with van der Waals surface area (Å²) in [5.41, 5.74) is 2.43. The Morgan fingerprint density at radius 1 is 1.55 bits per heavy atom. The Kier molecular flexibility index (Phi) is 4.47. The molecule has 1 aromatic rings. The maximum Gasteiger partial charge on any atom is 0.300 e. The molecule has 0 spiro atoms. The summed E-state index contributed by atoms with van der Waals surface area (Å²) in [5, 5.41) is 10.4. The lowest BCUT2D eigenvalue weighted by molar-refractivity contribution is 0.0144. The maximum atomic E-state index is 11.4. The number of aryl methyl sites for hydroxylation is 1. The molecule has 1 aromatic heterocycles. The number of furan rings is 1. The zero-order valence-corrected chi connectivity index (χ0v) is 12.1. The third-order valence-corrected chi connectivity index (χ3v) is 3.91. The average Bonchev–Trinajstić information content (AvgIpc) is 2.96. The molecule has 1 aliphatic carbocycles. The van der Waals surface area contributed by atoms with E-state index in [-0.39, 0.29) is 5.76 Å². The molecule has 1 fully saturated rings. The minimum absolute atomic E-state index is 0.216. The minimum Gasteiger partial charge on any atom is -0.456 e. The number of carbonyl (C=O) groups excluding carboxylic acids is 1. The van der Waals surface area contributed by atoms with Gasteiger partial charge in [0.1, 0.15) is 5.76 Å². The summed E-state index contributed by atoms with van der Waals surface area (Å²) in [6.07, 6.45) is 3.91. The summed E-state index contributed by atoms with van der Waals surface area (Å²) in [7, 11) is 1.96. The van der Waals surface area contributed by atoms with E-state index in [1.165, 1.54) is 0 Å². The molecule has 0 radical (unpaired) electrons. The summed E-state index contributed by atoms with van der Waals surface area (Å²) in [6, 6.07) is 1.70. The maximum absolute atomic E-state index is 11.4. The fourth-order valence-corrected chi connectivity index (χ4v) is 2.90. The second-order valence-corrected chi connectivity index (χ2v) is 5.77. The SMILES string of the molecule is Cc1oc(C(=O)NN)cc1CN(C)CC1(O)CCCC1. The molecule has 0 aromatic carbocycles. The molecule has 6 nitrogen and oxygen atoms in total. The number of hydrogen-bond acceptors (Lipinski definition) is 5. The van der Waals surface area contributed by atoms with Crippen LogP contribution in [0.1, 0.15) is 47.6 Å². The fraction of sp³-hybridized carbons (Fsp3) is 0.643. The third kappa shape index (κ3) is 3.39. The molecular weight excluding hydrogens is 258 g/mol. The van der Waals surface area contributed by atoms with E-state index in [1.54, 1.807) is 6.07 Å². The number of nitrogens with zero attached hydrogens (tertiary/aromatic N) is 1. The first kappa shape index (κ1) is 15.0. The van der Waals surface area contributed by atoms with Gasteiger partial charge in [0.15, 0.2) is 5.76 Å². The van der Waals surface area contributed by atoms with Gasteiger partial charge < -0.3 is 9.52 Å². The summed E-state index contributed by atoms with van der Waals surface area (Å²) in [6.45, 7) is 3.09. The van der Waals surface area contributed by atoms with Crippen LogP contribution in [0.5, 0.6) is 0 Å². The van der Waals surface area contributed by atoms with Crippen molar-refractivity contribution < 1.29 is 14.3 Å². The van der Waals surface area contributed by atoms with Gasteiger partial charge in [-0.15, -0.1) is 0 Å². The quantitative estimate of drug-likeness (QED) is 0.424. The van der Waals surface area contributed by atoms with Crippen molar-refractivity contribution in [1.29, 1.82) is 0 Å². The zero-order chi connectivity index (χ0) is 14.8. The van der Waals surface area contributed by atoms with E-state index in [1.807, 2.05) is 14.0 Å². The van der Waals surface area contributed by atoms with E-state index in [2.05, 4.69) is 10.3 Å². The highest BCUT2D eigenvalue weighted by Gasteiger charge is 2.32. The van der Waals surface area contributed by atoms with Crippen molar-refractivity contribution in [2.75, 3.05) is 13.6 Å². The van der Waals surface area contributed by atoms with Crippen LogP contribution >= 0.6 is 0 Å². The molecule has 1 aliphatic rings. The van der Waals surface area contributed by atoms with Gasteiger partial charge >= 0.3 is 5.91 Å². The van der Waals surface area contributed by atoms with E-state index in [0.29, 0.717) is 18.8 Å². The van der Waals surface area contributed by atoms with Crippen molar-refractivity contribution in [3.05, 3.63) is 23.2 Å². The Bertz CT molecular complexity index is 478. The minimum atomic E-state index is -0.566. The van der Waals surface area contributed by atoms with Gasteiger partial charge in [-0.05, 0) is 32.9 Å². The number of nitrogens with two attached hydrogens (primary N) is 1. The Hall–Kier alpha value is -1.37. The smallest absolute Gasteiger partial charge is 0.300 e. The molecule has 0 bridgehead atoms. The van der Waals surface area contributed by atoms with Crippen LogP contribution in [0.3, 0.4) is 0 Å². The first-order chi connectivity index (χ1) is 9.43. The molecule has 6 heteroatoms. The van der Waals surface area contributed by atoms with Crippen molar-refractivity contribution in [1.82, 2.24) is 10.3 Å². The normalized spacial score (nSPS) is 17.6. The molecule has 1 saturated carbocycles. The van der Waals surface area contributed by atoms with Gasteiger partial charge in [0, 0.05) is 18.7 Å². The highest BCUT2D eigenvalue weighted by Crippen LogP contribution is 2.30. The summed E-state index contributed by atoms with van der Waals surface area (Å²) in [5.74, 6) is 5.57. The molecule has 20 heavy (non-hydrogen) atoms. The van der Waals surface area contributed by atoms with Gasteiger partial charge in [-0.1, -0.05) is 12.8 Å². The summed E-state index contributed by atoms with van der Waals surface area (Å²) < 4.78 is 5.38. The molecule has 1 heterocycles.